The number of hydrogen-bond donors (Lipinski definition) is 2. The van der Waals surface area contributed by atoms with Gasteiger partial charge < -0.3 is 29.9 Å². The molecule has 4 fully saturated rings. The van der Waals surface area contributed by atoms with Crippen LogP contribution >= 0.6 is 22.7 Å². The van der Waals surface area contributed by atoms with Gasteiger partial charge in [0.25, 0.3) is 11.8 Å². The zero-order valence-corrected chi connectivity index (χ0v) is 32.2. The van der Waals surface area contributed by atoms with E-state index >= 15 is 0 Å². The summed E-state index contributed by atoms with van der Waals surface area (Å²) in [5.74, 6) is 2.77. The summed E-state index contributed by atoms with van der Waals surface area (Å²) in [4.78, 5) is 31.2. The van der Waals surface area contributed by atoms with Crippen LogP contribution in [0.5, 0.6) is 11.8 Å². The van der Waals surface area contributed by atoms with Crippen molar-refractivity contribution >= 4 is 65.0 Å². The second-order valence-corrected chi connectivity index (χ2v) is 16.6. The summed E-state index contributed by atoms with van der Waals surface area (Å²) in [6.07, 6.45) is 12.3. The van der Waals surface area contributed by atoms with Gasteiger partial charge in [-0.1, -0.05) is 46.9 Å². The zero-order valence-electron chi connectivity index (χ0n) is 30.6. The first-order valence-electron chi connectivity index (χ1n) is 19.1. The van der Waals surface area contributed by atoms with E-state index in [2.05, 4.69) is 74.6 Å². The van der Waals surface area contributed by atoms with Crippen LogP contribution in [0.1, 0.15) is 38.5 Å². The lowest BCUT2D eigenvalue weighted by Crippen LogP contribution is -2.43. The maximum atomic E-state index is 9.13. The van der Waals surface area contributed by atoms with E-state index in [1.807, 2.05) is 36.4 Å². The van der Waals surface area contributed by atoms with Crippen LogP contribution in [0.3, 0.4) is 0 Å². The van der Waals surface area contributed by atoms with Crippen molar-refractivity contribution in [1.29, 1.82) is 10.5 Å². The molecule has 0 unspecified atom stereocenters. The molecular formula is C40H40N12O2S2. The number of benzene rings is 2. The Kier molecular flexibility index (Phi) is 10.3. The number of rotatable bonds is 10. The number of thiazole rings is 2. The molecule has 14 nitrogen and oxygen atoms in total. The fourth-order valence-electron chi connectivity index (χ4n) is 7.44. The van der Waals surface area contributed by atoms with Crippen molar-refractivity contribution in [3.05, 3.63) is 73.3 Å². The molecule has 2 saturated carbocycles. The maximum absolute atomic E-state index is 9.13. The Morgan fingerprint density at radius 2 is 1.04 bits per heavy atom. The SMILES string of the molecule is N#C[C@@H]1CCN(c2nccnc2OC2CC(Nc3nc4ccccc4s3)C2)C1.N#C[C@H]1CCN(c2nccnc2OC2CC(Nc3nc4ccccc4s3)C2)C1. The van der Waals surface area contributed by atoms with E-state index in [0.717, 1.165) is 84.5 Å². The number of hydrogen-bond acceptors (Lipinski definition) is 16. The van der Waals surface area contributed by atoms with E-state index < -0.39 is 0 Å². The monoisotopic (exact) mass is 784 g/mol. The molecule has 10 rings (SSSR count). The van der Waals surface area contributed by atoms with Gasteiger partial charge in [0.1, 0.15) is 12.2 Å². The molecule has 2 aliphatic heterocycles. The maximum Gasteiger partial charge on any atom is 0.257 e. The highest BCUT2D eigenvalue weighted by atomic mass is 32.1. The lowest BCUT2D eigenvalue weighted by molar-refractivity contribution is 0.102. The number of anilines is 4. The second kappa shape index (κ2) is 16.1. The van der Waals surface area contributed by atoms with E-state index in [9.17, 15) is 0 Å². The van der Waals surface area contributed by atoms with E-state index in [0.29, 0.717) is 36.9 Å². The van der Waals surface area contributed by atoms with Gasteiger partial charge in [0.15, 0.2) is 21.9 Å². The summed E-state index contributed by atoms with van der Waals surface area (Å²) in [5.41, 5.74) is 2.07. The quantitative estimate of drug-likeness (QED) is 0.147. The van der Waals surface area contributed by atoms with E-state index in [1.165, 1.54) is 9.40 Å². The molecule has 0 amide bonds. The van der Waals surface area contributed by atoms with Gasteiger partial charge in [0.05, 0.1) is 44.4 Å². The van der Waals surface area contributed by atoms with Gasteiger partial charge >= 0.3 is 0 Å². The summed E-state index contributed by atoms with van der Waals surface area (Å²) >= 11 is 3.37. The molecule has 16 heteroatoms. The van der Waals surface area contributed by atoms with Gasteiger partial charge in [-0.3, -0.25) is 0 Å². The van der Waals surface area contributed by atoms with Crippen molar-refractivity contribution in [2.75, 3.05) is 46.6 Å². The Morgan fingerprint density at radius 1 is 0.607 bits per heavy atom. The molecule has 0 bridgehead atoms. The molecule has 6 heterocycles. The number of aromatic nitrogens is 6. The number of nitriles is 2. The van der Waals surface area contributed by atoms with Crippen molar-refractivity contribution in [2.24, 2.45) is 11.8 Å². The number of ether oxygens (including phenoxy) is 2. The summed E-state index contributed by atoms with van der Waals surface area (Å²) in [6.45, 7) is 3.02. The lowest BCUT2D eigenvalue weighted by Gasteiger charge is -2.35. The highest BCUT2D eigenvalue weighted by Gasteiger charge is 2.35. The summed E-state index contributed by atoms with van der Waals surface area (Å²) in [7, 11) is 0. The molecule has 56 heavy (non-hydrogen) atoms. The Balaban J connectivity index is 0.000000146. The molecule has 4 aromatic heterocycles. The number of fused-ring (bicyclic) bond motifs is 2. The molecule has 6 aromatic rings. The van der Waals surface area contributed by atoms with Crippen molar-refractivity contribution in [3.63, 3.8) is 0 Å². The van der Waals surface area contributed by atoms with Crippen LogP contribution in [0.15, 0.2) is 73.3 Å². The average molecular weight is 785 g/mol. The smallest absolute Gasteiger partial charge is 0.257 e. The first-order valence-corrected chi connectivity index (χ1v) is 20.7. The van der Waals surface area contributed by atoms with Crippen LogP contribution in [0.2, 0.25) is 0 Å². The van der Waals surface area contributed by atoms with Crippen molar-refractivity contribution < 1.29 is 9.47 Å². The van der Waals surface area contributed by atoms with Gasteiger partial charge in [-0.05, 0) is 37.1 Å². The van der Waals surface area contributed by atoms with Crippen LogP contribution in [-0.4, -0.2) is 80.4 Å². The molecule has 4 aliphatic rings. The third-order valence-electron chi connectivity index (χ3n) is 10.6. The second-order valence-electron chi connectivity index (χ2n) is 14.6. The van der Waals surface area contributed by atoms with E-state index in [4.69, 9.17) is 20.0 Å². The molecule has 284 valence electrons. The Labute approximate surface area is 332 Å². The highest BCUT2D eigenvalue weighted by molar-refractivity contribution is 7.22. The Bertz CT molecular complexity index is 2150. The summed E-state index contributed by atoms with van der Waals surface area (Å²) in [5, 5.41) is 27.2. The van der Waals surface area contributed by atoms with Gasteiger partial charge in [-0.15, -0.1) is 0 Å². The fourth-order valence-corrected chi connectivity index (χ4v) is 9.33. The normalized spacial score (nSPS) is 24.0. The zero-order chi connectivity index (χ0) is 37.8. The fraction of sp³-hybridized carbons (Fsp3) is 0.400. The van der Waals surface area contributed by atoms with Gasteiger partial charge in [-0.25, -0.2) is 29.9 Å². The van der Waals surface area contributed by atoms with Crippen molar-refractivity contribution in [2.45, 2.75) is 62.8 Å². The molecule has 2 aliphatic carbocycles. The first-order chi connectivity index (χ1) is 27.6. The van der Waals surface area contributed by atoms with Gasteiger partial charge in [0.2, 0.25) is 0 Å². The van der Waals surface area contributed by atoms with E-state index in [-0.39, 0.29) is 24.0 Å². The van der Waals surface area contributed by atoms with Crippen molar-refractivity contribution in [1.82, 2.24) is 29.9 Å². The minimum absolute atomic E-state index is 0.0564. The standard InChI is InChI=1S/2C20H20N6OS/c2*21-11-13-5-8-26(12-13)18-19(23-7-6-22-18)27-15-9-14(10-15)24-20-25-16-3-1-2-4-17(16)28-20/h2*1-4,6-7,13-15H,5,8-10,12H2,(H,24,25)/t2*13-,14?,15?/m10/s1. The highest BCUT2D eigenvalue weighted by Crippen LogP contribution is 2.37. The van der Waals surface area contributed by atoms with Crippen molar-refractivity contribution in [3.8, 4) is 23.9 Å². The molecule has 2 saturated heterocycles. The molecular weight excluding hydrogens is 745 g/mol. The van der Waals surface area contributed by atoms with Crippen LogP contribution < -0.4 is 29.9 Å². The first kappa shape index (κ1) is 35.8. The molecule has 0 spiro atoms. The van der Waals surface area contributed by atoms with Gasteiger partial charge in [0, 0.05) is 88.7 Å². The number of nitrogens with one attached hydrogen (secondary N) is 2. The summed E-state index contributed by atoms with van der Waals surface area (Å²) in [6, 6.07) is 21.8. The number of nitrogens with zero attached hydrogens (tertiary/aromatic N) is 10. The Morgan fingerprint density at radius 3 is 1.45 bits per heavy atom. The van der Waals surface area contributed by atoms with E-state index in [1.54, 1.807) is 47.5 Å². The molecule has 0 radical (unpaired) electrons. The third-order valence-corrected chi connectivity index (χ3v) is 12.6. The lowest BCUT2D eigenvalue weighted by atomic mass is 9.89. The minimum Gasteiger partial charge on any atom is -0.472 e. The molecule has 2 aromatic carbocycles. The molecule has 2 atom stereocenters. The largest absolute Gasteiger partial charge is 0.472 e. The third kappa shape index (κ3) is 7.94. The average Bonchev–Trinajstić information content (AvgIpc) is 4.03. The van der Waals surface area contributed by atoms with Gasteiger partial charge in [-0.2, -0.15) is 10.5 Å². The van der Waals surface area contributed by atoms with Crippen LogP contribution in [0.25, 0.3) is 20.4 Å². The van der Waals surface area contributed by atoms with Crippen LogP contribution in [-0.2, 0) is 0 Å². The van der Waals surface area contributed by atoms with Crippen LogP contribution in [0.4, 0.5) is 21.9 Å². The topological polar surface area (TPSA) is 174 Å². The predicted octanol–water partition coefficient (Wildman–Crippen LogP) is 6.92. The molecule has 2 N–H and O–H groups in total. The predicted molar refractivity (Wildman–Crippen MR) is 217 cm³/mol. The number of para-hydroxylation sites is 2. The Hall–Kier alpha value is -5.84. The minimum atomic E-state index is 0.0564. The summed E-state index contributed by atoms with van der Waals surface area (Å²) < 4.78 is 14.7. The van der Waals surface area contributed by atoms with Crippen LogP contribution in [0, 0.1) is 34.5 Å².